The molecule has 1 aliphatic rings. The van der Waals surface area contributed by atoms with Crippen LogP contribution < -0.4 is 5.56 Å². The molecule has 0 radical (unpaired) electrons. The summed E-state index contributed by atoms with van der Waals surface area (Å²) in [5, 5.41) is 21.9. The van der Waals surface area contributed by atoms with Crippen LogP contribution in [0.2, 0.25) is 0 Å². The van der Waals surface area contributed by atoms with Gasteiger partial charge in [-0.25, -0.2) is 4.98 Å². The van der Waals surface area contributed by atoms with Crippen LogP contribution in [0.15, 0.2) is 53.3 Å². The Balaban J connectivity index is 1.87. The van der Waals surface area contributed by atoms with Gasteiger partial charge in [-0.1, -0.05) is 12.1 Å². The van der Waals surface area contributed by atoms with Crippen LogP contribution in [0.1, 0.15) is 17.8 Å². The van der Waals surface area contributed by atoms with E-state index in [-0.39, 0.29) is 17.0 Å². The molecule has 0 bridgehead atoms. The van der Waals surface area contributed by atoms with Crippen LogP contribution in [0.3, 0.4) is 0 Å². The number of para-hydroxylation sites is 1. The topological polar surface area (TPSA) is 98.3 Å². The maximum Gasteiger partial charge on any atom is 0.269 e. The third-order valence-electron chi connectivity index (χ3n) is 4.35. The number of aliphatic hydroxyl groups is 1. The van der Waals surface area contributed by atoms with Crippen molar-refractivity contribution < 1.29 is 10.0 Å². The number of aliphatic hydroxyl groups excluding tert-OH is 1. The standard InChI is InChI=1S/C18H13N3O4/c22-16(11-5-7-12(8-6-11)21(24)25)14-9-10-20-17(14)19-15-4-2-1-3-13(15)18(20)23/h1-8,22H,9-10H2. The Bertz CT molecular complexity index is 1100. The Hall–Kier alpha value is -3.48. The molecule has 0 saturated heterocycles. The van der Waals surface area contributed by atoms with Crippen LogP contribution in [-0.2, 0) is 6.54 Å². The van der Waals surface area contributed by atoms with Gasteiger partial charge in [0.25, 0.3) is 11.2 Å². The quantitative estimate of drug-likeness (QED) is 0.441. The molecule has 7 heteroatoms. The van der Waals surface area contributed by atoms with E-state index in [9.17, 15) is 20.0 Å². The molecule has 1 aromatic heterocycles. The highest BCUT2D eigenvalue weighted by Crippen LogP contribution is 2.32. The molecule has 2 heterocycles. The van der Waals surface area contributed by atoms with E-state index in [4.69, 9.17) is 0 Å². The summed E-state index contributed by atoms with van der Waals surface area (Å²) in [7, 11) is 0. The van der Waals surface area contributed by atoms with Crippen molar-refractivity contribution in [2.75, 3.05) is 0 Å². The molecule has 0 fully saturated rings. The van der Waals surface area contributed by atoms with Crippen molar-refractivity contribution in [3.05, 3.63) is 80.4 Å². The van der Waals surface area contributed by atoms with E-state index in [1.54, 1.807) is 28.8 Å². The van der Waals surface area contributed by atoms with E-state index in [1.807, 2.05) is 0 Å². The van der Waals surface area contributed by atoms with Crippen LogP contribution in [0.5, 0.6) is 0 Å². The van der Waals surface area contributed by atoms with Crippen molar-refractivity contribution in [3.8, 4) is 0 Å². The Morgan fingerprint density at radius 2 is 1.88 bits per heavy atom. The maximum absolute atomic E-state index is 12.6. The molecule has 0 aliphatic carbocycles. The van der Waals surface area contributed by atoms with Gasteiger partial charge in [-0.15, -0.1) is 0 Å². The number of aromatic nitrogens is 2. The molecule has 25 heavy (non-hydrogen) atoms. The van der Waals surface area contributed by atoms with Crippen molar-refractivity contribution >= 4 is 27.9 Å². The molecule has 7 nitrogen and oxygen atoms in total. The van der Waals surface area contributed by atoms with Crippen LogP contribution in [-0.4, -0.2) is 19.6 Å². The highest BCUT2D eigenvalue weighted by Gasteiger charge is 2.24. The minimum Gasteiger partial charge on any atom is -0.507 e. The monoisotopic (exact) mass is 335 g/mol. The van der Waals surface area contributed by atoms with E-state index < -0.39 is 4.92 Å². The number of fused-ring (bicyclic) bond motifs is 2. The van der Waals surface area contributed by atoms with Gasteiger partial charge in [-0.3, -0.25) is 19.5 Å². The summed E-state index contributed by atoms with van der Waals surface area (Å²) < 4.78 is 1.55. The van der Waals surface area contributed by atoms with Gasteiger partial charge in [0.1, 0.15) is 11.6 Å². The van der Waals surface area contributed by atoms with Gasteiger partial charge in [0.2, 0.25) is 0 Å². The van der Waals surface area contributed by atoms with Crippen LogP contribution in [0.4, 0.5) is 5.69 Å². The number of nitro groups is 1. The normalized spacial score (nSPS) is 15.2. The second-order valence-corrected chi connectivity index (χ2v) is 5.79. The summed E-state index contributed by atoms with van der Waals surface area (Å²) in [6, 6.07) is 12.7. The zero-order valence-electron chi connectivity index (χ0n) is 13.0. The predicted octanol–water partition coefficient (Wildman–Crippen LogP) is 3.13. The Morgan fingerprint density at radius 1 is 1.16 bits per heavy atom. The summed E-state index contributed by atoms with van der Waals surface area (Å²) in [6.07, 6.45) is 0.474. The Kier molecular flexibility index (Phi) is 3.35. The fraction of sp³-hybridized carbons (Fsp3) is 0.111. The average Bonchev–Trinajstić information content (AvgIpc) is 3.05. The number of rotatable bonds is 2. The lowest BCUT2D eigenvalue weighted by molar-refractivity contribution is -0.384. The van der Waals surface area contributed by atoms with Crippen molar-refractivity contribution in [2.45, 2.75) is 13.0 Å². The molecule has 124 valence electrons. The van der Waals surface area contributed by atoms with Crippen LogP contribution >= 0.6 is 0 Å². The minimum atomic E-state index is -0.494. The molecule has 4 rings (SSSR count). The molecule has 2 aromatic carbocycles. The van der Waals surface area contributed by atoms with Gasteiger partial charge in [0.05, 0.1) is 15.8 Å². The number of benzene rings is 2. The number of hydrogen-bond acceptors (Lipinski definition) is 5. The van der Waals surface area contributed by atoms with E-state index in [0.29, 0.717) is 40.8 Å². The zero-order chi connectivity index (χ0) is 17.6. The summed E-state index contributed by atoms with van der Waals surface area (Å²) in [5.41, 5.74) is 1.42. The van der Waals surface area contributed by atoms with E-state index in [0.717, 1.165) is 0 Å². The van der Waals surface area contributed by atoms with Crippen molar-refractivity contribution in [3.63, 3.8) is 0 Å². The SMILES string of the molecule is O=c1c2ccccc2nc2n1CCC2=C(O)c1ccc([N+](=O)[O-])cc1. The van der Waals surface area contributed by atoms with Gasteiger partial charge in [-0.05, 0) is 30.7 Å². The maximum atomic E-state index is 12.6. The van der Waals surface area contributed by atoms with Gasteiger partial charge in [-0.2, -0.15) is 0 Å². The first-order valence-corrected chi connectivity index (χ1v) is 7.73. The molecule has 1 aliphatic heterocycles. The van der Waals surface area contributed by atoms with Gasteiger partial charge >= 0.3 is 0 Å². The number of nitrogens with zero attached hydrogens (tertiary/aromatic N) is 3. The average molecular weight is 335 g/mol. The molecule has 0 spiro atoms. The highest BCUT2D eigenvalue weighted by molar-refractivity contribution is 5.88. The lowest BCUT2D eigenvalue weighted by atomic mass is 10.1. The first kappa shape index (κ1) is 15.1. The Labute approximate surface area is 141 Å². The second-order valence-electron chi connectivity index (χ2n) is 5.79. The van der Waals surface area contributed by atoms with Gasteiger partial charge < -0.3 is 5.11 Å². The molecular formula is C18H13N3O4. The lowest BCUT2D eigenvalue weighted by Gasteiger charge is -2.07. The summed E-state index contributed by atoms with van der Waals surface area (Å²) >= 11 is 0. The first-order chi connectivity index (χ1) is 12.1. The molecular weight excluding hydrogens is 322 g/mol. The van der Waals surface area contributed by atoms with Crippen LogP contribution in [0.25, 0.3) is 22.2 Å². The number of allylic oxidation sites excluding steroid dienone is 1. The van der Waals surface area contributed by atoms with Gasteiger partial charge in [0, 0.05) is 29.8 Å². The fourth-order valence-electron chi connectivity index (χ4n) is 3.08. The summed E-state index contributed by atoms with van der Waals surface area (Å²) in [5.74, 6) is 0.433. The lowest BCUT2D eigenvalue weighted by Crippen LogP contribution is -2.20. The third-order valence-corrected chi connectivity index (χ3v) is 4.35. The summed E-state index contributed by atoms with van der Waals surface area (Å²) in [6.45, 7) is 0.443. The first-order valence-electron chi connectivity index (χ1n) is 7.73. The molecule has 3 aromatic rings. The number of nitro benzene ring substituents is 1. The van der Waals surface area contributed by atoms with Crippen molar-refractivity contribution in [1.82, 2.24) is 9.55 Å². The molecule has 0 atom stereocenters. The van der Waals surface area contributed by atoms with Gasteiger partial charge in [0.15, 0.2) is 0 Å². The smallest absolute Gasteiger partial charge is 0.269 e. The molecule has 1 N–H and O–H groups in total. The zero-order valence-corrected chi connectivity index (χ0v) is 13.0. The van der Waals surface area contributed by atoms with E-state index in [2.05, 4.69) is 4.98 Å². The highest BCUT2D eigenvalue weighted by atomic mass is 16.6. The minimum absolute atomic E-state index is 0.0108. The number of non-ortho nitro benzene ring substituents is 1. The molecule has 0 saturated carbocycles. The van der Waals surface area contributed by atoms with E-state index >= 15 is 0 Å². The third kappa shape index (κ3) is 2.37. The molecule has 0 amide bonds. The summed E-state index contributed by atoms with van der Waals surface area (Å²) in [4.78, 5) is 27.4. The number of hydrogen-bond donors (Lipinski definition) is 1. The van der Waals surface area contributed by atoms with E-state index in [1.165, 1.54) is 24.3 Å². The second kappa shape index (κ2) is 5.55. The van der Waals surface area contributed by atoms with Crippen molar-refractivity contribution in [1.29, 1.82) is 0 Å². The molecule has 0 unspecified atom stereocenters. The van der Waals surface area contributed by atoms with Crippen LogP contribution in [0, 0.1) is 10.1 Å². The van der Waals surface area contributed by atoms with Crippen molar-refractivity contribution in [2.24, 2.45) is 0 Å². The fourth-order valence-corrected chi connectivity index (χ4v) is 3.08. The predicted molar refractivity (Wildman–Crippen MR) is 93.2 cm³/mol. The largest absolute Gasteiger partial charge is 0.507 e. The Morgan fingerprint density at radius 3 is 2.60 bits per heavy atom.